The summed E-state index contributed by atoms with van der Waals surface area (Å²) in [5, 5.41) is 38.1. The quantitative estimate of drug-likeness (QED) is 0.0169. The molecule has 0 aromatic rings. The third-order valence-corrected chi connectivity index (χ3v) is 11.3. The molecule has 0 aliphatic heterocycles. The molecule has 12 nitrogen and oxygen atoms in total. The van der Waals surface area contributed by atoms with Gasteiger partial charge in [-0.1, -0.05) is 154 Å². The molecule has 0 aliphatic rings. The second-order valence-electron chi connectivity index (χ2n) is 16.0. The van der Waals surface area contributed by atoms with Crippen LogP contribution >= 0.6 is 7.82 Å². The summed E-state index contributed by atoms with van der Waals surface area (Å²) in [4.78, 5) is 35.3. The van der Waals surface area contributed by atoms with E-state index in [0.717, 1.165) is 38.5 Å². The highest BCUT2D eigenvalue weighted by molar-refractivity contribution is 7.47. The van der Waals surface area contributed by atoms with Crippen LogP contribution in [0.25, 0.3) is 0 Å². The van der Waals surface area contributed by atoms with Crippen LogP contribution in [0.3, 0.4) is 0 Å². The summed E-state index contributed by atoms with van der Waals surface area (Å²) in [6, 6.07) is 0. The van der Waals surface area contributed by atoms with E-state index in [9.17, 15) is 34.4 Å². The number of carbonyl (C=O) groups excluding carboxylic acids is 2. The first-order valence-corrected chi connectivity index (χ1v) is 25.0. The molecule has 0 saturated carbocycles. The van der Waals surface area contributed by atoms with Crippen LogP contribution in [0.5, 0.6) is 0 Å². The number of phosphoric acid groups is 1. The van der Waals surface area contributed by atoms with Gasteiger partial charge in [-0.05, 0) is 64.2 Å². The number of carbonyl (C=O) groups is 2. The molecular weight excluding hydrogens is 775 g/mol. The van der Waals surface area contributed by atoms with Crippen molar-refractivity contribution in [3.8, 4) is 0 Å². The molecule has 0 fully saturated rings. The fraction of sp³-hybridized carbons (Fsp3) is 0.870. The highest BCUT2D eigenvalue weighted by Crippen LogP contribution is 2.43. The number of phosphoric ester groups is 1. The third kappa shape index (κ3) is 39.0. The van der Waals surface area contributed by atoms with Crippen molar-refractivity contribution in [3.05, 3.63) is 24.3 Å². The van der Waals surface area contributed by atoms with Gasteiger partial charge < -0.3 is 34.8 Å². The lowest BCUT2D eigenvalue weighted by Gasteiger charge is -2.23. The van der Waals surface area contributed by atoms with Gasteiger partial charge in [0.05, 0.1) is 19.8 Å². The average Bonchev–Trinajstić information content (AvgIpc) is 3.22. The van der Waals surface area contributed by atoms with E-state index in [4.69, 9.17) is 23.6 Å². The topological polar surface area (TPSA) is 189 Å². The molecule has 5 N–H and O–H groups in total. The molecule has 0 aromatic heterocycles. The summed E-state index contributed by atoms with van der Waals surface area (Å²) in [5.74, 6) is -1.06. The average molecular weight is 863 g/mol. The standard InChI is InChI=1S/C46H87O12P/c1-3-5-7-9-11-13-15-17-19-21-23-25-27-29-31-33-35-44(50)55-38-41(39-56-59(53,54)57-40-43(49)46(52)42(48)37-47)58-45(51)36-34-32-30-28-26-24-22-20-18-16-14-12-10-8-6-4-2/h25-28,41-43,46-49,52H,3-24,29-40H2,1-2H3,(H,53,54)/b27-25?,28-26-/t41-,42-,43-,46+/m1/s1. The molecule has 0 radical (unpaired) electrons. The van der Waals surface area contributed by atoms with Gasteiger partial charge in [0.1, 0.15) is 24.9 Å². The molecule has 0 bridgehead atoms. The molecule has 0 rings (SSSR count). The summed E-state index contributed by atoms with van der Waals surface area (Å²) < 4.78 is 33.0. The number of aliphatic hydroxyl groups excluding tert-OH is 4. The molecule has 0 aromatic carbocycles. The molecule has 0 aliphatic carbocycles. The van der Waals surface area contributed by atoms with E-state index in [2.05, 4.69) is 38.2 Å². The normalized spacial score (nSPS) is 15.0. The number of unbranched alkanes of at least 4 members (excludes halogenated alkanes) is 24. The summed E-state index contributed by atoms with van der Waals surface area (Å²) >= 11 is 0. The molecule has 0 spiro atoms. The SMILES string of the molecule is CCCCCCCCCCCCC=CCCCCC(=O)OC[C@H](COP(=O)(O)OC[C@@H](O)[C@@H](O)[C@H](O)CO)OC(=O)CCCC/C=C\CCCCCCCCCCCC. The van der Waals surface area contributed by atoms with E-state index in [1.54, 1.807) is 0 Å². The van der Waals surface area contributed by atoms with Crippen LogP contribution in [0, 0.1) is 0 Å². The minimum atomic E-state index is -4.83. The predicted octanol–water partition coefficient (Wildman–Crippen LogP) is 10.5. The maximum Gasteiger partial charge on any atom is 0.472 e. The number of aliphatic hydroxyl groups is 4. The number of hydrogen-bond acceptors (Lipinski definition) is 11. The van der Waals surface area contributed by atoms with Crippen molar-refractivity contribution in [2.45, 2.75) is 231 Å². The van der Waals surface area contributed by atoms with Crippen molar-refractivity contribution in [1.29, 1.82) is 0 Å². The van der Waals surface area contributed by atoms with Crippen LogP contribution in [-0.2, 0) is 32.7 Å². The van der Waals surface area contributed by atoms with Gasteiger partial charge in [0.25, 0.3) is 0 Å². The zero-order valence-electron chi connectivity index (χ0n) is 37.2. The molecular formula is C46H87O12P. The number of ether oxygens (including phenoxy) is 2. The van der Waals surface area contributed by atoms with E-state index >= 15 is 0 Å². The van der Waals surface area contributed by atoms with Gasteiger partial charge in [-0.3, -0.25) is 18.6 Å². The summed E-state index contributed by atoms with van der Waals surface area (Å²) in [7, 11) is -4.83. The predicted molar refractivity (Wildman–Crippen MR) is 236 cm³/mol. The lowest BCUT2D eigenvalue weighted by atomic mass is 10.1. The second-order valence-corrected chi connectivity index (χ2v) is 17.5. The van der Waals surface area contributed by atoms with Crippen molar-refractivity contribution in [3.63, 3.8) is 0 Å². The van der Waals surface area contributed by atoms with Crippen LogP contribution in [0.2, 0.25) is 0 Å². The molecule has 0 amide bonds. The Balaban J connectivity index is 4.55. The van der Waals surface area contributed by atoms with Crippen molar-refractivity contribution >= 4 is 19.8 Å². The fourth-order valence-electron chi connectivity index (χ4n) is 6.50. The van der Waals surface area contributed by atoms with Gasteiger partial charge in [0.2, 0.25) is 0 Å². The molecule has 0 saturated heterocycles. The van der Waals surface area contributed by atoms with Crippen molar-refractivity contribution in [1.82, 2.24) is 0 Å². The number of allylic oxidation sites excluding steroid dienone is 4. The fourth-order valence-corrected chi connectivity index (χ4v) is 7.27. The van der Waals surface area contributed by atoms with E-state index in [-0.39, 0.29) is 12.8 Å². The van der Waals surface area contributed by atoms with E-state index in [0.29, 0.717) is 12.8 Å². The Bertz CT molecular complexity index is 1070. The van der Waals surface area contributed by atoms with Crippen LogP contribution in [0.1, 0.15) is 206 Å². The van der Waals surface area contributed by atoms with E-state index < -0.39 is 70.6 Å². The Morgan fingerprint density at radius 3 is 1.31 bits per heavy atom. The minimum absolute atomic E-state index is 0.105. The molecule has 1 unspecified atom stereocenters. The van der Waals surface area contributed by atoms with E-state index in [1.165, 1.54) is 128 Å². The van der Waals surface area contributed by atoms with Crippen molar-refractivity contribution in [2.75, 3.05) is 26.4 Å². The first-order chi connectivity index (χ1) is 28.6. The minimum Gasteiger partial charge on any atom is -0.462 e. The molecule has 0 heterocycles. The molecule has 59 heavy (non-hydrogen) atoms. The molecule has 5 atom stereocenters. The number of esters is 2. The zero-order valence-corrected chi connectivity index (χ0v) is 38.1. The Labute approximate surface area is 358 Å². The van der Waals surface area contributed by atoms with Crippen molar-refractivity contribution in [2.24, 2.45) is 0 Å². The van der Waals surface area contributed by atoms with Gasteiger partial charge in [0.15, 0.2) is 6.10 Å². The summed E-state index contributed by atoms with van der Waals surface area (Å²) in [6.07, 6.45) is 35.3. The number of hydrogen-bond donors (Lipinski definition) is 5. The van der Waals surface area contributed by atoms with Crippen molar-refractivity contribution < 1.29 is 58.0 Å². The lowest BCUT2D eigenvalue weighted by Crippen LogP contribution is -2.41. The first kappa shape index (κ1) is 57.4. The third-order valence-electron chi connectivity index (χ3n) is 10.3. The summed E-state index contributed by atoms with van der Waals surface area (Å²) in [5.41, 5.74) is 0. The molecule has 348 valence electrons. The Kier molecular flexibility index (Phi) is 40.6. The monoisotopic (exact) mass is 863 g/mol. The van der Waals surface area contributed by atoms with Crippen LogP contribution in [0.4, 0.5) is 0 Å². The van der Waals surface area contributed by atoms with Gasteiger partial charge in [-0.2, -0.15) is 0 Å². The van der Waals surface area contributed by atoms with Gasteiger partial charge >= 0.3 is 19.8 Å². The maximum absolute atomic E-state index is 12.7. The Hall–Kier alpha value is -1.63. The van der Waals surface area contributed by atoms with Gasteiger partial charge in [-0.25, -0.2) is 4.57 Å². The van der Waals surface area contributed by atoms with Gasteiger partial charge in [0, 0.05) is 12.8 Å². The van der Waals surface area contributed by atoms with Crippen LogP contribution < -0.4 is 0 Å². The van der Waals surface area contributed by atoms with Crippen LogP contribution in [0.15, 0.2) is 24.3 Å². The van der Waals surface area contributed by atoms with Gasteiger partial charge in [-0.15, -0.1) is 0 Å². The highest BCUT2D eigenvalue weighted by atomic mass is 31.2. The zero-order chi connectivity index (χ0) is 43.7. The highest BCUT2D eigenvalue weighted by Gasteiger charge is 2.30. The Morgan fingerprint density at radius 2 is 0.881 bits per heavy atom. The summed E-state index contributed by atoms with van der Waals surface area (Å²) in [6.45, 7) is 1.71. The van der Waals surface area contributed by atoms with E-state index in [1.807, 2.05) is 0 Å². The molecule has 13 heteroatoms. The largest absolute Gasteiger partial charge is 0.472 e. The lowest BCUT2D eigenvalue weighted by molar-refractivity contribution is -0.161. The maximum atomic E-state index is 12.7. The van der Waals surface area contributed by atoms with Crippen LogP contribution in [-0.4, -0.2) is 88.1 Å². The first-order valence-electron chi connectivity index (χ1n) is 23.5. The smallest absolute Gasteiger partial charge is 0.462 e. The number of rotatable bonds is 44. The second kappa shape index (κ2) is 41.7. The Morgan fingerprint density at radius 1 is 0.508 bits per heavy atom.